The Bertz CT molecular complexity index is 617. The molecule has 0 saturated carbocycles. The van der Waals surface area contributed by atoms with Gasteiger partial charge in [-0.25, -0.2) is 0 Å². The van der Waals surface area contributed by atoms with Crippen LogP contribution in [0.2, 0.25) is 0 Å². The molecule has 2 aromatic carbocycles. The van der Waals surface area contributed by atoms with Crippen LogP contribution < -0.4 is 4.90 Å². The maximum Gasteiger partial charge on any atom is 0.258 e. The lowest BCUT2D eigenvalue weighted by Gasteiger charge is -2.21. The molecule has 0 aliphatic carbocycles. The molecule has 2 rings (SSSR count). The Morgan fingerprint density at radius 1 is 1.10 bits per heavy atom. The number of anilines is 1. The number of nitrogens with zero attached hydrogens (tertiary/aromatic N) is 2. The predicted octanol–water partition coefficient (Wildman–Crippen LogP) is 3.85. The fraction of sp³-hybridized carbons (Fsp3) is 0.125. The molecule has 0 heterocycles. The summed E-state index contributed by atoms with van der Waals surface area (Å²) in [5.41, 5.74) is 1.44. The minimum absolute atomic E-state index is 0.0807. The molecule has 1 amide bonds. The van der Waals surface area contributed by atoms with Crippen molar-refractivity contribution in [1.82, 2.24) is 0 Å². The van der Waals surface area contributed by atoms with Gasteiger partial charge in [0.15, 0.2) is 0 Å². The van der Waals surface area contributed by atoms with Gasteiger partial charge in [0.05, 0.1) is 12.5 Å². The minimum atomic E-state index is -0.0807. The average Bonchev–Trinajstić information content (AvgIpc) is 2.49. The van der Waals surface area contributed by atoms with Crippen LogP contribution in [0.15, 0.2) is 54.6 Å². The Hall–Kier alpha value is -1.87. The predicted molar refractivity (Wildman–Crippen MR) is 87.5 cm³/mol. The van der Waals surface area contributed by atoms with E-state index in [0.717, 1.165) is 9.26 Å². The topological polar surface area (TPSA) is 44.1 Å². The molecule has 0 aliphatic rings. The Balaban J connectivity index is 2.29. The molecule has 0 N–H and O–H groups in total. The van der Waals surface area contributed by atoms with Crippen molar-refractivity contribution in [2.24, 2.45) is 0 Å². The van der Waals surface area contributed by atoms with Crippen LogP contribution in [0.4, 0.5) is 5.69 Å². The van der Waals surface area contributed by atoms with Gasteiger partial charge in [0.2, 0.25) is 0 Å². The van der Waals surface area contributed by atoms with Crippen molar-refractivity contribution in [1.29, 1.82) is 5.26 Å². The first-order valence-electron chi connectivity index (χ1n) is 6.22. The van der Waals surface area contributed by atoms with Gasteiger partial charge in [-0.1, -0.05) is 18.2 Å². The van der Waals surface area contributed by atoms with Crippen LogP contribution in [0, 0.1) is 14.9 Å². The molecule has 0 fully saturated rings. The number of para-hydroxylation sites is 1. The fourth-order valence-corrected chi connectivity index (χ4v) is 2.23. The fourth-order valence-electron chi connectivity index (χ4n) is 1.87. The van der Waals surface area contributed by atoms with E-state index in [2.05, 4.69) is 28.7 Å². The summed E-state index contributed by atoms with van der Waals surface area (Å²) in [6.07, 6.45) is 0.311. The molecule has 2 aromatic rings. The van der Waals surface area contributed by atoms with Crippen LogP contribution in [0.25, 0.3) is 0 Å². The maximum atomic E-state index is 12.6. The summed E-state index contributed by atoms with van der Waals surface area (Å²) in [5.74, 6) is -0.0807. The summed E-state index contributed by atoms with van der Waals surface area (Å²) in [6.45, 7) is 0.394. The van der Waals surface area contributed by atoms with Gasteiger partial charge in [0.1, 0.15) is 0 Å². The Kier molecular flexibility index (Phi) is 5.13. The third-order valence-corrected chi connectivity index (χ3v) is 3.57. The minimum Gasteiger partial charge on any atom is -0.307 e. The molecule has 20 heavy (non-hydrogen) atoms. The lowest BCUT2D eigenvalue weighted by Crippen LogP contribution is -2.31. The Labute approximate surface area is 132 Å². The molecule has 0 bridgehead atoms. The van der Waals surface area contributed by atoms with Crippen LogP contribution >= 0.6 is 22.6 Å². The van der Waals surface area contributed by atoms with Gasteiger partial charge in [-0.2, -0.15) is 5.26 Å². The van der Waals surface area contributed by atoms with Gasteiger partial charge in [-0.05, 0) is 59.0 Å². The van der Waals surface area contributed by atoms with Crippen LogP contribution in [0.5, 0.6) is 0 Å². The molecule has 100 valence electrons. The molecular weight excluding hydrogens is 363 g/mol. The Morgan fingerprint density at radius 2 is 1.75 bits per heavy atom. The molecule has 0 radical (unpaired) electrons. The van der Waals surface area contributed by atoms with Gasteiger partial charge < -0.3 is 4.90 Å². The monoisotopic (exact) mass is 376 g/mol. The third-order valence-electron chi connectivity index (χ3n) is 2.85. The number of hydrogen-bond acceptors (Lipinski definition) is 2. The summed E-state index contributed by atoms with van der Waals surface area (Å²) in [4.78, 5) is 14.2. The lowest BCUT2D eigenvalue weighted by atomic mass is 10.1. The van der Waals surface area contributed by atoms with Crippen molar-refractivity contribution in [3.8, 4) is 6.07 Å². The number of carbonyl (C=O) groups is 1. The molecule has 0 spiro atoms. The number of hydrogen-bond donors (Lipinski definition) is 0. The number of halogens is 1. The number of amides is 1. The van der Waals surface area contributed by atoms with Gasteiger partial charge in [0, 0.05) is 21.4 Å². The zero-order valence-corrected chi connectivity index (χ0v) is 12.9. The van der Waals surface area contributed by atoms with E-state index < -0.39 is 0 Å². The van der Waals surface area contributed by atoms with Gasteiger partial charge in [0.25, 0.3) is 5.91 Å². The molecule has 0 unspecified atom stereocenters. The quantitative estimate of drug-likeness (QED) is 0.761. The molecule has 4 heteroatoms. The molecule has 0 saturated heterocycles. The lowest BCUT2D eigenvalue weighted by molar-refractivity contribution is 0.0987. The average molecular weight is 376 g/mol. The van der Waals surface area contributed by atoms with Crippen LogP contribution in [0.3, 0.4) is 0 Å². The van der Waals surface area contributed by atoms with E-state index in [-0.39, 0.29) is 5.91 Å². The van der Waals surface area contributed by atoms with Gasteiger partial charge in [-0.15, -0.1) is 0 Å². The van der Waals surface area contributed by atoms with Gasteiger partial charge in [-0.3, -0.25) is 4.79 Å². The standard InChI is InChI=1S/C16H13IN2O/c17-14-9-7-13(8-10-14)16(20)19(12-4-11-18)15-5-2-1-3-6-15/h1-3,5-10H,4,12H2. The number of rotatable bonds is 4. The van der Waals surface area contributed by atoms with Crippen molar-refractivity contribution >= 4 is 34.2 Å². The second-order valence-corrected chi connectivity index (χ2v) is 5.45. The highest BCUT2D eigenvalue weighted by Crippen LogP contribution is 2.18. The highest BCUT2D eigenvalue weighted by Gasteiger charge is 2.16. The summed E-state index contributed by atoms with van der Waals surface area (Å²) < 4.78 is 1.09. The highest BCUT2D eigenvalue weighted by atomic mass is 127. The third kappa shape index (κ3) is 3.58. The SMILES string of the molecule is N#CCCN(C(=O)c1ccc(I)cc1)c1ccccc1. The molecule has 0 aliphatic heterocycles. The Morgan fingerprint density at radius 3 is 2.35 bits per heavy atom. The van der Waals surface area contributed by atoms with Crippen molar-refractivity contribution in [2.45, 2.75) is 6.42 Å². The van der Waals surface area contributed by atoms with Crippen molar-refractivity contribution in [2.75, 3.05) is 11.4 Å². The van der Waals surface area contributed by atoms with Gasteiger partial charge >= 0.3 is 0 Å². The smallest absolute Gasteiger partial charge is 0.258 e. The van der Waals surface area contributed by atoms with Crippen LogP contribution in [-0.2, 0) is 0 Å². The van der Waals surface area contributed by atoms with E-state index in [1.165, 1.54) is 0 Å². The van der Waals surface area contributed by atoms with Crippen LogP contribution in [0.1, 0.15) is 16.8 Å². The molecule has 0 aromatic heterocycles. The first-order chi connectivity index (χ1) is 9.72. The van der Waals surface area contributed by atoms with E-state index in [0.29, 0.717) is 18.5 Å². The second kappa shape index (κ2) is 7.06. The zero-order chi connectivity index (χ0) is 14.4. The molecule has 3 nitrogen and oxygen atoms in total. The largest absolute Gasteiger partial charge is 0.307 e. The van der Waals surface area contributed by atoms with E-state index in [1.54, 1.807) is 4.90 Å². The van der Waals surface area contributed by atoms with E-state index in [1.807, 2.05) is 54.6 Å². The molecule has 0 atom stereocenters. The van der Waals surface area contributed by atoms with E-state index in [4.69, 9.17) is 5.26 Å². The number of carbonyl (C=O) groups excluding carboxylic acids is 1. The van der Waals surface area contributed by atoms with E-state index in [9.17, 15) is 4.79 Å². The first-order valence-corrected chi connectivity index (χ1v) is 7.29. The maximum absolute atomic E-state index is 12.6. The van der Waals surface area contributed by atoms with Crippen molar-refractivity contribution in [3.63, 3.8) is 0 Å². The summed E-state index contributed by atoms with van der Waals surface area (Å²) in [5, 5.41) is 8.76. The highest BCUT2D eigenvalue weighted by molar-refractivity contribution is 14.1. The second-order valence-electron chi connectivity index (χ2n) is 4.21. The van der Waals surface area contributed by atoms with Crippen molar-refractivity contribution < 1.29 is 4.79 Å². The summed E-state index contributed by atoms with van der Waals surface area (Å²) >= 11 is 2.20. The number of nitriles is 1. The molecular formula is C16H13IN2O. The zero-order valence-electron chi connectivity index (χ0n) is 10.8. The normalized spacial score (nSPS) is 9.80. The first kappa shape index (κ1) is 14.5. The van der Waals surface area contributed by atoms with Crippen LogP contribution in [-0.4, -0.2) is 12.5 Å². The number of benzene rings is 2. The van der Waals surface area contributed by atoms with Crippen molar-refractivity contribution in [3.05, 3.63) is 63.7 Å². The summed E-state index contributed by atoms with van der Waals surface area (Å²) in [7, 11) is 0. The summed E-state index contributed by atoms with van der Waals surface area (Å²) in [6, 6.07) is 18.9. The van der Waals surface area contributed by atoms with E-state index >= 15 is 0 Å².